The smallest absolute Gasteiger partial charge is 0.230 e. The van der Waals surface area contributed by atoms with Crippen LogP contribution in [0.3, 0.4) is 0 Å². The lowest BCUT2D eigenvalue weighted by atomic mass is 10.2. The van der Waals surface area contributed by atoms with Crippen molar-refractivity contribution >= 4 is 23.5 Å². The maximum atomic E-state index is 5.90. The highest BCUT2D eigenvalue weighted by atomic mass is 35.5. The molecule has 0 saturated carbocycles. The van der Waals surface area contributed by atoms with Gasteiger partial charge in [-0.2, -0.15) is 15.0 Å². The Morgan fingerprint density at radius 3 is 2.45 bits per heavy atom. The molecule has 2 rings (SSSR count). The molecule has 0 amide bonds. The molecule has 0 atom stereocenters. The van der Waals surface area contributed by atoms with Crippen molar-refractivity contribution in [1.82, 2.24) is 19.9 Å². The average molecular weight is 299 g/mol. The van der Waals surface area contributed by atoms with E-state index in [-0.39, 0.29) is 5.28 Å². The SMILES string of the molecule is CN(C)c1nc(Cl)nc(NCCN2CCCCCC2)n1. The van der Waals surface area contributed by atoms with Gasteiger partial charge in [-0.05, 0) is 37.5 Å². The van der Waals surface area contributed by atoms with Crippen LogP contribution >= 0.6 is 11.6 Å². The van der Waals surface area contributed by atoms with Crippen LogP contribution < -0.4 is 10.2 Å². The Labute approximate surface area is 125 Å². The van der Waals surface area contributed by atoms with E-state index in [4.69, 9.17) is 11.6 Å². The highest BCUT2D eigenvalue weighted by molar-refractivity contribution is 6.28. The molecule has 1 fully saturated rings. The molecule has 0 aliphatic carbocycles. The molecule has 1 aliphatic rings. The first-order chi connectivity index (χ1) is 9.65. The van der Waals surface area contributed by atoms with Gasteiger partial charge in [0.25, 0.3) is 0 Å². The van der Waals surface area contributed by atoms with E-state index in [2.05, 4.69) is 25.2 Å². The summed E-state index contributed by atoms with van der Waals surface area (Å²) in [4.78, 5) is 16.8. The zero-order valence-electron chi connectivity index (χ0n) is 12.3. The van der Waals surface area contributed by atoms with Crippen molar-refractivity contribution in [3.63, 3.8) is 0 Å². The topological polar surface area (TPSA) is 57.2 Å². The monoisotopic (exact) mass is 298 g/mol. The third kappa shape index (κ3) is 4.76. The van der Waals surface area contributed by atoms with Crippen LogP contribution in [-0.2, 0) is 0 Å². The van der Waals surface area contributed by atoms with Crippen LogP contribution in [0.1, 0.15) is 25.7 Å². The molecular weight excluding hydrogens is 276 g/mol. The molecule has 1 aromatic rings. The zero-order valence-corrected chi connectivity index (χ0v) is 13.0. The molecule has 6 nitrogen and oxygen atoms in total. The molecule has 1 aromatic heterocycles. The van der Waals surface area contributed by atoms with Crippen LogP contribution in [0, 0.1) is 0 Å². The quantitative estimate of drug-likeness (QED) is 0.896. The van der Waals surface area contributed by atoms with Crippen molar-refractivity contribution in [2.75, 3.05) is 50.5 Å². The van der Waals surface area contributed by atoms with Gasteiger partial charge in [0, 0.05) is 27.2 Å². The number of anilines is 2. The standard InChI is InChI=1S/C13H23ClN6/c1-19(2)13-17-11(14)16-12(18-13)15-7-10-20-8-5-3-4-6-9-20/h3-10H2,1-2H3,(H,15,16,17,18). The van der Waals surface area contributed by atoms with Crippen LogP contribution in [0.4, 0.5) is 11.9 Å². The predicted molar refractivity (Wildman–Crippen MR) is 82.6 cm³/mol. The minimum Gasteiger partial charge on any atom is -0.353 e. The van der Waals surface area contributed by atoms with Crippen LogP contribution in [0.5, 0.6) is 0 Å². The molecule has 1 N–H and O–H groups in total. The molecule has 7 heteroatoms. The first-order valence-electron chi connectivity index (χ1n) is 7.20. The van der Waals surface area contributed by atoms with Gasteiger partial charge in [-0.15, -0.1) is 0 Å². The van der Waals surface area contributed by atoms with Gasteiger partial charge in [0.2, 0.25) is 17.2 Å². The molecular formula is C13H23ClN6. The van der Waals surface area contributed by atoms with E-state index in [1.54, 1.807) is 0 Å². The van der Waals surface area contributed by atoms with Gasteiger partial charge >= 0.3 is 0 Å². The van der Waals surface area contributed by atoms with E-state index in [1.165, 1.54) is 38.8 Å². The van der Waals surface area contributed by atoms with Gasteiger partial charge in [0.05, 0.1) is 0 Å². The lowest BCUT2D eigenvalue weighted by molar-refractivity contribution is 0.296. The first kappa shape index (κ1) is 15.3. The Hall–Kier alpha value is -1.14. The summed E-state index contributed by atoms with van der Waals surface area (Å²) in [6.45, 7) is 4.24. The molecule has 0 aromatic carbocycles. The fourth-order valence-electron chi connectivity index (χ4n) is 2.30. The predicted octanol–water partition coefficient (Wildman–Crippen LogP) is 1.88. The summed E-state index contributed by atoms with van der Waals surface area (Å²) in [5.74, 6) is 1.12. The number of rotatable bonds is 5. The largest absolute Gasteiger partial charge is 0.353 e. The lowest BCUT2D eigenvalue weighted by Gasteiger charge is -2.19. The number of hydrogen-bond donors (Lipinski definition) is 1. The summed E-state index contributed by atoms with van der Waals surface area (Å²) >= 11 is 5.90. The number of halogens is 1. The van der Waals surface area contributed by atoms with Gasteiger partial charge in [0.15, 0.2) is 0 Å². The molecule has 112 valence electrons. The van der Waals surface area contributed by atoms with Crippen molar-refractivity contribution < 1.29 is 0 Å². The summed E-state index contributed by atoms with van der Waals surface area (Å²) in [5, 5.41) is 3.46. The molecule has 2 heterocycles. The molecule has 0 radical (unpaired) electrons. The van der Waals surface area contributed by atoms with E-state index in [1.807, 2.05) is 19.0 Å². The Kier molecular flexibility index (Phi) is 5.79. The van der Waals surface area contributed by atoms with Gasteiger partial charge in [-0.25, -0.2) is 0 Å². The summed E-state index contributed by atoms with van der Waals surface area (Å²) in [6, 6.07) is 0. The van der Waals surface area contributed by atoms with E-state index in [0.717, 1.165) is 13.1 Å². The second kappa shape index (κ2) is 7.59. The highest BCUT2D eigenvalue weighted by Gasteiger charge is 2.09. The highest BCUT2D eigenvalue weighted by Crippen LogP contribution is 2.12. The Balaban J connectivity index is 1.84. The van der Waals surface area contributed by atoms with Crippen LogP contribution in [0.15, 0.2) is 0 Å². The Bertz CT molecular complexity index is 417. The normalized spacial score (nSPS) is 16.8. The van der Waals surface area contributed by atoms with Crippen molar-refractivity contribution in [2.45, 2.75) is 25.7 Å². The van der Waals surface area contributed by atoms with E-state index < -0.39 is 0 Å². The number of hydrogen-bond acceptors (Lipinski definition) is 6. The van der Waals surface area contributed by atoms with Crippen molar-refractivity contribution in [3.05, 3.63) is 5.28 Å². The summed E-state index contributed by atoms with van der Waals surface area (Å²) in [6.07, 6.45) is 5.34. The lowest BCUT2D eigenvalue weighted by Crippen LogP contribution is -2.30. The Morgan fingerprint density at radius 1 is 1.10 bits per heavy atom. The van der Waals surface area contributed by atoms with Crippen LogP contribution in [-0.4, -0.2) is 60.1 Å². The molecule has 1 aliphatic heterocycles. The zero-order chi connectivity index (χ0) is 14.4. The maximum absolute atomic E-state index is 5.90. The minimum absolute atomic E-state index is 0.223. The van der Waals surface area contributed by atoms with E-state index >= 15 is 0 Å². The minimum atomic E-state index is 0.223. The number of aromatic nitrogens is 3. The van der Waals surface area contributed by atoms with Crippen molar-refractivity contribution in [3.8, 4) is 0 Å². The fourth-order valence-corrected chi connectivity index (χ4v) is 2.46. The summed E-state index contributed by atoms with van der Waals surface area (Å²) < 4.78 is 0. The van der Waals surface area contributed by atoms with Crippen molar-refractivity contribution in [2.24, 2.45) is 0 Å². The van der Waals surface area contributed by atoms with E-state index in [0.29, 0.717) is 11.9 Å². The number of nitrogens with zero attached hydrogens (tertiary/aromatic N) is 5. The average Bonchev–Trinajstić information content (AvgIpc) is 2.67. The van der Waals surface area contributed by atoms with Gasteiger partial charge in [-0.1, -0.05) is 12.8 Å². The van der Waals surface area contributed by atoms with Gasteiger partial charge < -0.3 is 15.1 Å². The second-order valence-electron chi connectivity index (χ2n) is 5.31. The first-order valence-corrected chi connectivity index (χ1v) is 7.58. The second-order valence-corrected chi connectivity index (χ2v) is 5.64. The summed E-state index contributed by atoms with van der Waals surface area (Å²) in [7, 11) is 3.76. The Morgan fingerprint density at radius 2 is 1.80 bits per heavy atom. The number of likely N-dealkylation sites (tertiary alicyclic amines) is 1. The molecule has 0 unspecified atom stereocenters. The van der Waals surface area contributed by atoms with E-state index in [9.17, 15) is 0 Å². The van der Waals surface area contributed by atoms with Gasteiger partial charge in [-0.3, -0.25) is 0 Å². The maximum Gasteiger partial charge on any atom is 0.230 e. The third-order valence-corrected chi connectivity index (χ3v) is 3.58. The molecule has 20 heavy (non-hydrogen) atoms. The third-order valence-electron chi connectivity index (χ3n) is 3.41. The molecule has 0 spiro atoms. The molecule has 0 bridgehead atoms. The summed E-state index contributed by atoms with van der Waals surface area (Å²) in [5.41, 5.74) is 0. The van der Waals surface area contributed by atoms with Crippen LogP contribution in [0.2, 0.25) is 5.28 Å². The fraction of sp³-hybridized carbons (Fsp3) is 0.769. The number of nitrogens with one attached hydrogen (secondary N) is 1. The van der Waals surface area contributed by atoms with Crippen LogP contribution in [0.25, 0.3) is 0 Å². The van der Waals surface area contributed by atoms with Gasteiger partial charge in [0.1, 0.15) is 0 Å². The molecule has 1 saturated heterocycles. The van der Waals surface area contributed by atoms with Crippen molar-refractivity contribution in [1.29, 1.82) is 0 Å².